The Balaban J connectivity index is 2.04. The molecule has 1 amide bonds. The standard InChI is InChI=1S/C11H14N6O3/c12-9-6-11(15-2-14-9)17(3-16-6)5-1-4(10(13)20)7(18)8(5)19/h2-5,7-8,18-19H,1H2,(H2,13,20)(H2,12,14,15)/t4-,5+,7+,8-/m1/s1. The van der Waals surface area contributed by atoms with Crippen molar-refractivity contribution in [1.82, 2.24) is 19.5 Å². The summed E-state index contributed by atoms with van der Waals surface area (Å²) in [6.45, 7) is 0. The van der Waals surface area contributed by atoms with Crippen LogP contribution < -0.4 is 11.5 Å². The number of aliphatic hydroxyl groups excluding tert-OH is 2. The molecule has 106 valence electrons. The first-order valence-electron chi connectivity index (χ1n) is 6.09. The van der Waals surface area contributed by atoms with E-state index in [2.05, 4.69) is 15.0 Å². The molecule has 1 fully saturated rings. The van der Waals surface area contributed by atoms with Crippen molar-refractivity contribution in [2.24, 2.45) is 11.7 Å². The number of nitrogen functional groups attached to an aromatic ring is 1. The van der Waals surface area contributed by atoms with E-state index in [1.165, 1.54) is 12.7 Å². The highest BCUT2D eigenvalue weighted by Gasteiger charge is 2.45. The van der Waals surface area contributed by atoms with Gasteiger partial charge in [0.15, 0.2) is 11.5 Å². The quantitative estimate of drug-likeness (QED) is 0.504. The Labute approximate surface area is 113 Å². The van der Waals surface area contributed by atoms with Crippen LogP contribution in [0.3, 0.4) is 0 Å². The Morgan fingerprint density at radius 3 is 2.70 bits per heavy atom. The minimum absolute atomic E-state index is 0.215. The van der Waals surface area contributed by atoms with E-state index in [0.717, 1.165) is 0 Å². The molecule has 0 unspecified atom stereocenters. The Morgan fingerprint density at radius 2 is 2.05 bits per heavy atom. The fraction of sp³-hybridized carbons (Fsp3) is 0.455. The second-order valence-electron chi connectivity index (χ2n) is 4.88. The molecule has 1 aliphatic rings. The van der Waals surface area contributed by atoms with Crippen LogP contribution in [-0.4, -0.2) is 47.8 Å². The molecule has 0 saturated heterocycles. The SMILES string of the molecule is NC(=O)[C@@H]1C[C@H](n2cnc3c(N)ncnc32)[C@@H](O)[C@H]1O. The number of nitrogens with zero attached hydrogens (tertiary/aromatic N) is 4. The largest absolute Gasteiger partial charge is 0.390 e. The van der Waals surface area contributed by atoms with E-state index >= 15 is 0 Å². The number of hydrogen-bond acceptors (Lipinski definition) is 7. The molecular formula is C11H14N6O3. The topological polar surface area (TPSA) is 153 Å². The van der Waals surface area contributed by atoms with Crippen LogP contribution in [0, 0.1) is 5.92 Å². The van der Waals surface area contributed by atoms with Crippen molar-refractivity contribution in [2.45, 2.75) is 24.7 Å². The molecule has 6 N–H and O–H groups in total. The van der Waals surface area contributed by atoms with Crippen molar-refractivity contribution in [3.05, 3.63) is 12.7 Å². The van der Waals surface area contributed by atoms with Crippen LogP contribution in [0.5, 0.6) is 0 Å². The Bertz CT molecular complexity index is 671. The van der Waals surface area contributed by atoms with Crippen LogP contribution in [0.15, 0.2) is 12.7 Å². The lowest BCUT2D eigenvalue weighted by atomic mass is 10.1. The predicted octanol–water partition coefficient (Wildman–Crippen LogP) is -1.82. The summed E-state index contributed by atoms with van der Waals surface area (Å²) >= 11 is 0. The molecule has 0 aromatic carbocycles. The second kappa shape index (κ2) is 4.39. The number of primary amides is 1. The number of imidazole rings is 1. The number of fused-ring (bicyclic) bond motifs is 1. The molecule has 9 heteroatoms. The zero-order chi connectivity index (χ0) is 14.4. The summed E-state index contributed by atoms with van der Waals surface area (Å²) in [6.07, 6.45) is 0.640. The van der Waals surface area contributed by atoms with Crippen molar-refractivity contribution in [3.8, 4) is 0 Å². The van der Waals surface area contributed by atoms with Gasteiger partial charge in [0, 0.05) is 0 Å². The summed E-state index contributed by atoms with van der Waals surface area (Å²) in [7, 11) is 0. The molecule has 9 nitrogen and oxygen atoms in total. The molecule has 1 aliphatic carbocycles. The van der Waals surface area contributed by atoms with E-state index in [1.807, 2.05) is 0 Å². The number of aliphatic hydroxyl groups is 2. The maximum Gasteiger partial charge on any atom is 0.223 e. The zero-order valence-corrected chi connectivity index (χ0v) is 10.4. The first kappa shape index (κ1) is 12.8. The smallest absolute Gasteiger partial charge is 0.223 e. The Kier molecular flexibility index (Phi) is 2.80. The van der Waals surface area contributed by atoms with Gasteiger partial charge in [-0.15, -0.1) is 0 Å². The average Bonchev–Trinajstić information content (AvgIpc) is 2.94. The Hall–Kier alpha value is -2.26. The summed E-state index contributed by atoms with van der Waals surface area (Å²) in [5, 5.41) is 20.0. The number of nitrogens with two attached hydrogens (primary N) is 2. The zero-order valence-electron chi connectivity index (χ0n) is 10.4. The number of rotatable bonds is 2. The first-order chi connectivity index (χ1) is 9.50. The highest BCUT2D eigenvalue weighted by molar-refractivity contribution is 5.81. The highest BCUT2D eigenvalue weighted by Crippen LogP contribution is 2.36. The molecule has 1 saturated carbocycles. The lowest BCUT2D eigenvalue weighted by Gasteiger charge is -2.17. The third-order valence-electron chi connectivity index (χ3n) is 3.76. The van der Waals surface area contributed by atoms with Crippen molar-refractivity contribution < 1.29 is 15.0 Å². The van der Waals surface area contributed by atoms with Crippen LogP contribution in [0.4, 0.5) is 5.82 Å². The third-order valence-corrected chi connectivity index (χ3v) is 3.76. The minimum Gasteiger partial charge on any atom is -0.390 e. The number of aromatic nitrogens is 4. The van der Waals surface area contributed by atoms with Gasteiger partial charge < -0.3 is 26.2 Å². The van der Waals surface area contributed by atoms with Crippen molar-refractivity contribution >= 4 is 22.9 Å². The number of anilines is 1. The van der Waals surface area contributed by atoms with Gasteiger partial charge in [0.2, 0.25) is 5.91 Å². The summed E-state index contributed by atoms with van der Waals surface area (Å²) in [6, 6.07) is -0.540. The van der Waals surface area contributed by atoms with E-state index in [-0.39, 0.29) is 12.2 Å². The normalized spacial score (nSPS) is 29.9. The monoisotopic (exact) mass is 278 g/mol. The molecule has 20 heavy (non-hydrogen) atoms. The van der Waals surface area contributed by atoms with Gasteiger partial charge in [-0.2, -0.15) is 0 Å². The van der Waals surface area contributed by atoms with Gasteiger partial charge in [0.25, 0.3) is 0 Å². The average molecular weight is 278 g/mol. The number of amides is 1. The second-order valence-corrected chi connectivity index (χ2v) is 4.88. The fourth-order valence-corrected chi connectivity index (χ4v) is 2.68. The van der Waals surface area contributed by atoms with Gasteiger partial charge in [-0.25, -0.2) is 15.0 Å². The van der Waals surface area contributed by atoms with Gasteiger partial charge in [-0.1, -0.05) is 0 Å². The van der Waals surface area contributed by atoms with E-state index < -0.39 is 30.1 Å². The van der Waals surface area contributed by atoms with Crippen LogP contribution >= 0.6 is 0 Å². The fourth-order valence-electron chi connectivity index (χ4n) is 2.68. The number of carbonyl (C=O) groups excluding carboxylic acids is 1. The number of hydrogen-bond donors (Lipinski definition) is 4. The maximum absolute atomic E-state index is 11.3. The van der Waals surface area contributed by atoms with Crippen molar-refractivity contribution in [2.75, 3.05) is 5.73 Å². The first-order valence-corrected chi connectivity index (χ1v) is 6.09. The van der Waals surface area contributed by atoms with Crippen LogP contribution in [0.1, 0.15) is 12.5 Å². The van der Waals surface area contributed by atoms with Gasteiger partial charge in [-0.05, 0) is 6.42 Å². The number of carbonyl (C=O) groups is 1. The van der Waals surface area contributed by atoms with Gasteiger partial charge in [-0.3, -0.25) is 4.79 Å². The molecule has 0 aliphatic heterocycles. The third kappa shape index (κ3) is 1.71. The van der Waals surface area contributed by atoms with Gasteiger partial charge in [0.1, 0.15) is 17.9 Å². The molecule has 2 aromatic heterocycles. The lowest BCUT2D eigenvalue weighted by molar-refractivity contribution is -0.125. The van der Waals surface area contributed by atoms with E-state index in [0.29, 0.717) is 11.2 Å². The van der Waals surface area contributed by atoms with Crippen LogP contribution in [0.2, 0.25) is 0 Å². The van der Waals surface area contributed by atoms with Gasteiger partial charge in [0.05, 0.1) is 24.4 Å². The van der Waals surface area contributed by atoms with Crippen molar-refractivity contribution in [3.63, 3.8) is 0 Å². The molecule has 2 aromatic rings. The Morgan fingerprint density at radius 1 is 1.30 bits per heavy atom. The molecule has 3 rings (SSSR count). The van der Waals surface area contributed by atoms with E-state index in [9.17, 15) is 15.0 Å². The summed E-state index contributed by atoms with van der Waals surface area (Å²) in [5.74, 6) is -1.21. The molecule has 0 bridgehead atoms. The highest BCUT2D eigenvalue weighted by atomic mass is 16.3. The molecule has 0 spiro atoms. The van der Waals surface area contributed by atoms with E-state index in [1.54, 1.807) is 4.57 Å². The van der Waals surface area contributed by atoms with E-state index in [4.69, 9.17) is 11.5 Å². The molecule has 0 radical (unpaired) electrons. The summed E-state index contributed by atoms with van der Waals surface area (Å²) in [4.78, 5) is 23.3. The predicted molar refractivity (Wildman–Crippen MR) is 68.1 cm³/mol. The molecule has 4 atom stereocenters. The van der Waals surface area contributed by atoms with Crippen LogP contribution in [-0.2, 0) is 4.79 Å². The molecular weight excluding hydrogens is 264 g/mol. The maximum atomic E-state index is 11.3. The summed E-state index contributed by atoms with van der Waals surface area (Å²) in [5.41, 5.74) is 11.8. The minimum atomic E-state index is -1.20. The summed E-state index contributed by atoms with van der Waals surface area (Å²) < 4.78 is 1.59. The lowest BCUT2D eigenvalue weighted by Crippen LogP contribution is -2.35. The molecule has 2 heterocycles. The van der Waals surface area contributed by atoms with Crippen molar-refractivity contribution in [1.29, 1.82) is 0 Å². The van der Waals surface area contributed by atoms with Gasteiger partial charge >= 0.3 is 0 Å². The van der Waals surface area contributed by atoms with Crippen LogP contribution in [0.25, 0.3) is 11.2 Å².